The van der Waals surface area contributed by atoms with Crippen molar-refractivity contribution in [1.29, 1.82) is 0 Å². The van der Waals surface area contributed by atoms with Gasteiger partial charge in [0, 0.05) is 0 Å². The average molecular weight is 188 g/mol. The lowest BCUT2D eigenvalue weighted by molar-refractivity contribution is -0.128. The standard InChI is InChI=1S/C6H4F2.C3H6O2/c7-5-3-1-2-4-6(5)8;1-2-5-3-4/h1-4H;3H,2H2,1H3. The van der Waals surface area contributed by atoms with Crippen molar-refractivity contribution in [2.45, 2.75) is 6.92 Å². The van der Waals surface area contributed by atoms with Crippen molar-refractivity contribution in [3.05, 3.63) is 35.9 Å². The molecule has 0 aromatic heterocycles. The molecule has 0 saturated carbocycles. The van der Waals surface area contributed by atoms with Gasteiger partial charge in [-0.1, -0.05) is 12.1 Å². The van der Waals surface area contributed by atoms with E-state index >= 15 is 0 Å². The molecular formula is C9H10F2O2. The van der Waals surface area contributed by atoms with E-state index in [1.165, 1.54) is 12.1 Å². The van der Waals surface area contributed by atoms with Crippen LogP contribution in [0.4, 0.5) is 8.78 Å². The minimum Gasteiger partial charge on any atom is -0.468 e. The van der Waals surface area contributed by atoms with Crippen molar-refractivity contribution < 1.29 is 18.3 Å². The summed E-state index contributed by atoms with van der Waals surface area (Å²) in [5, 5.41) is 0. The van der Waals surface area contributed by atoms with Crippen molar-refractivity contribution in [3.63, 3.8) is 0 Å². The molecule has 0 aliphatic rings. The monoisotopic (exact) mass is 188 g/mol. The van der Waals surface area contributed by atoms with Crippen LogP contribution < -0.4 is 0 Å². The quantitative estimate of drug-likeness (QED) is 0.664. The van der Waals surface area contributed by atoms with E-state index in [1.807, 2.05) is 0 Å². The van der Waals surface area contributed by atoms with Gasteiger partial charge < -0.3 is 4.74 Å². The summed E-state index contributed by atoms with van der Waals surface area (Å²) >= 11 is 0. The maximum absolute atomic E-state index is 11.9. The smallest absolute Gasteiger partial charge is 0.293 e. The highest BCUT2D eigenvalue weighted by atomic mass is 19.2. The first kappa shape index (κ1) is 11.6. The molecule has 0 spiro atoms. The molecule has 0 atom stereocenters. The number of carbonyl (C=O) groups is 1. The van der Waals surface area contributed by atoms with Crippen molar-refractivity contribution in [2.24, 2.45) is 0 Å². The number of hydrogen-bond acceptors (Lipinski definition) is 2. The molecule has 4 heteroatoms. The van der Waals surface area contributed by atoms with Crippen LogP contribution in [0.2, 0.25) is 0 Å². The van der Waals surface area contributed by atoms with Gasteiger partial charge in [0.1, 0.15) is 0 Å². The Labute approximate surface area is 75.1 Å². The first-order chi connectivity index (χ1) is 6.22. The molecule has 0 N–H and O–H groups in total. The van der Waals surface area contributed by atoms with E-state index in [1.54, 1.807) is 6.92 Å². The van der Waals surface area contributed by atoms with Gasteiger partial charge in [-0.15, -0.1) is 0 Å². The zero-order chi connectivity index (χ0) is 10.1. The molecule has 13 heavy (non-hydrogen) atoms. The number of carbonyl (C=O) groups excluding carboxylic acids is 1. The van der Waals surface area contributed by atoms with Crippen LogP contribution in [0.1, 0.15) is 6.92 Å². The fourth-order valence-corrected chi connectivity index (χ4v) is 0.507. The second-order valence-corrected chi connectivity index (χ2v) is 1.97. The summed E-state index contributed by atoms with van der Waals surface area (Å²) in [6, 6.07) is 5.04. The van der Waals surface area contributed by atoms with E-state index in [9.17, 15) is 13.6 Å². The minimum absolute atomic E-state index is 0.431. The molecule has 2 nitrogen and oxygen atoms in total. The number of rotatable bonds is 2. The summed E-state index contributed by atoms with van der Waals surface area (Å²) in [7, 11) is 0. The summed E-state index contributed by atoms with van der Waals surface area (Å²) in [6.45, 7) is 2.66. The summed E-state index contributed by atoms with van der Waals surface area (Å²) in [5.41, 5.74) is 0. The SMILES string of the molecule is CCOC=O.Fc1ccccc1F. The predicted octanol–water partition coefficient (Wildman–Crippen LogP) is 2.14. The second kappa shape index (κ2) is 7.21. The van der Waals surface area contributed by atoms with Crippen molar-refractivity contribution in [2.75, 3.05) is 6.61 Å². The van der Waals surface area contributed by atoms with Gasteiger partial charge in [-0.25, -0.2) is 8.78 Å². The fourth-order valence-electron chi connectivity index (χ4n) is 0.507. The van der Waals surface area contributed by atoms with Gasteiger partial charge in [-0.2, -0.15) is 0 Å². The molecule has 0 aliphatic carbocycles. The minimum atomic E-state index is -0.799. The molecule has 72 valence electrons. The third-order valence-electron chi connectivity index (χ3n) is 1.06. The zero-order valence-corrected chi connectivity index (χ0v) is 7.17. The van der Waals surface area contributed by atoms with Crippen LogP contribution >= 0.6 is 0 Å². The summed E-state index contributed by atoms with van der Waals surface area (Å²) in [4.78, 5) is 9.18. The molecule has 0 radical (unpaired) electrons. The molecule has 1 rings (SSSR count). The summed E-state index contributed by atoms with van der Waals surface area (Å²) in [5.74, 6) is -1.60. The Morgan fingerprint density at radius 1 is 1.31 bits per heavy atom. The molecule has 1 aromatic carbocycles. The number of benzene rings is 1. The number of ether oxygens (including phenoxy) is 1. The lowest BCUT2D eigenvalue weighted by atomic mass is 10.3. The van der Waals surface area contributed by atoms with E-state index < -0.39 is 11.6 Å². The van der Waals surface area contributed by atoms with Crippen LogP contribution in [-0.2, 0) is 9.53 Å². The van der Waals surface area contributed by atoms with Crippen LogP contribution in [0.3, 0.4) is 0 Å². The Bertz CT molecular complexity index is 230. The molecule has 0 unspecified atom stereocenters. The van der Waals surface area contributed by atoms with Crippen LogP contribution in [0.5, 0.6) is 0 Å². The Morgan fingerprint density at radius 2 is 1.77 bits per heavy atom. The molecule has 0 saturated heterocycles. The largest absolute Gasteiger partial charge is 0.468 e. The molecule has 0 amide bonds. The van der Waals surface area contributed by atoms with Gasteiger partial charge in [0.05, 0.1) is 6.61 Å². The normalized spacial score (nSPS) is 8.23. The number of hydrogen-bond donors (Lipinski definition) is 0. The van der Waals surface area contributed by atoms with Gasteiger partial charge in [-0.05, 0) is 19.1 Å². The molecule has 0 fully saturated rings. The molecular weight excluding hydrogens is 178 g/mol. The van der Waals surface area contributed by atoms with Crippen LogP contribution in [-0.4, -0.2) is 13.1 Å². The maximum Gasteiger partial charge on any atom is 0.293 e. The highest BCUT2D eigenvalue weighted by Gasteiger charge is 1.93. The van der Waals surface area contributed by atoms with Gasteiger partial charge in [0.25, 0.3) is 6.47 Å². The Morgan fingerprint density at radius 3 is 1.92 bits per heavy atom. The lowest BCUT2D eigenvalue weighted by Gasteiger charge is -1.85. The Kier molecular flexibility index (Phi) is 6.41. The molecule has 0 heterocycles. The second-order valence-electron chi connectivity index (χ2n) is 1.97. The van der Waals surface area contributed by atoms with Gasteiger partial charge in [-0.3, -0.25) is 4.79 Å². The van der Waals surface area contributed by atoms with E-state index in [-0.39, 0.29) is 0 Å². The Hall–Kier alpha value is -1.45. The molecule has 1 aromatic rings. The van der Waals surface area contributed by atoms with E-state index in [0.717, 1.165) is 12.1 Å². The zero-order valence-electron chi connectivity index (χ0n) is 7.17. The van der Waals surface area contributed by atoms with Crippen molar-refractivity contribution in [3.8, 4) is 0 Å². The van der Waals surface area contributed by atoms with E-state index in [4.69, 9.17) is 0 Å². The molecule has 0 aliphatic heterocycles. The highest BCUT2D eigenvalue weighted by molar-refractivity contribution is 5.36. The highest BCUT2D eigenvalue weighted by Crippen LogP contribution is 2.01. The van der Waals surface area contributed by atoms with Crippen LogP contribution in [0, 0.1) is 11.6 Å². The van der Waals surface area contributed by atoms with Gasteiger partial charge >= 0.3 is 0 Å². The lowest BCUT2D eigenvalue weighted by Crippen LogP contribution is -1.80. The average Bonchev–Trinajstić information content (AvgIpc) is 2.13. The van der Waals surface area contributed by atoms with Crippen LogP contribution in [0.25, 0.3) is 0 Å². The van der Waals surface area contributed by atoms with Crippen molar-refractivity contribution >= 4 is 6.47 Å². The summed E-state index contributed by atoms with van der Waals surface area (Å²) in [6.07, 6.45) is 0. The van der Waals surface area contributed by atoms with E-state index in [2.05, 4.69) is 4.74 Å². The van der Waals surface area contributed by atoms with Gasteiger partial charge in [0.2, 0.25) is 0 Å². The molecule has 0 bridgehead atoms. The van der Waals surface area contributed by atoms with Gasteiger partial charge in [0.15, 0.2) is 11.6 Å². The Balaban J connectivity index is 0.000000252. The topological polar surface area (TPSA) is 26.3 Å². The fraction of sp³-hybridized carbons (Fsp3) is 0.222. The van der Waals surface area contributed by atoms with Crippen molar-refractivity contribution in [1.82, 2.24) is 0 Å². The first-order valence-corrected chi connectivity index (χ1v) is 3.67. The third-order valence-corrected chi connectivity index (χ3v) is 1.06. The maximum atomic E-state index is 11.9. The predicted molar refractivity (Wildman–Crippen MR) is 44.0 cm³/mol. The number of halogens is 2. The summed E-state index contributed by atoms with van der Waals surface area (Å²) < 4.78 is 28.0. The van der Waals surface area contributed by atoms with E-state index in [0.29, 0.717) is 13.1 Å². The van der Waals surface area contributed by atoms with Crippen LogP contribution in [0.15, 0.2) is 24.3 Å². The first-order valence-electron chi connectivity index (χ1n) is 3.67. The third kappa shape index (κ3) is 5.78.